The summed E-state index contributed by atoms with van der Waals surface area (Å²) < 4.78 is 0. The molecular weight excluding hydrogens is 248 g/mol. The Morgan fingerprint density at radius 2 is 2.10 bits per heavy atom. The SMILES string of the molecule is Cc1ccc(N(CCO)C2CC2)c(CNCC(C)C)c1. The predicted molar refractivity (Wildman–Crippen MR) is 85.2 cm³/mol. The first-order valence-electron chi connectivity index (χ1n) is 7.79. The van der Waals surface area contributed by atoms with Crippen molar-refractivity contribution in [3.8, 4) is 0 Å². The van der Waals surface area contributed by atoms with Gasteiger partial charge < -0.3 is 15.3 Å². The van der Waals surface area contributed by atoms with E-state index < -0.39 is 0 Å². The number of benzene rings is 1. The Kier molecular flexibility index (Phi) is 5.44. The molecule has 2 rings (SSSR count). The Hall–Kier alpha value is -1.06. The zero-order valence-corrected chi connectivity index (χ0v) is 13.0. The number of nitrogens with zero attached hydrogens (tertiary/aromatic N) is 1. The number of rotatable bonds is 8. The van der Waals surface area contributed by atoms with Gasteiger partial charge >= 0.3 is 0 Å². The maximum atomic E-state index is 9.31. The topological polar surface area (TPSA) is 35.5 Å². The van der Waals surface area contributed by atoms with Gasteiger partial charge in [-0.3, -0.25) is 0 Å². The van der Waals surface area contributed by atoms with Crippen LogP contribution in [0.15, 0.2) is 18.2 Å². The highest BCUT2D eigenvalue weighted by molar-refractivity contribution is 5.56. The average molecular weight is 276 g/mol. The Balaban J connectivity index is 2.13. The summed E-state index contributed by atoms with van der Waals surface area (Å²) in [6, 6.07) is 7.30. The number of nitrogens with one attached hydrogen (secondary N) is 1. The van der Waals surface area contributed by atoms with E-state index in [9.17, 15) is 5.11 Å². The molecule has 1 fully saturated rings. The summed E-state index contributed by atoms with van der Waals surface area (Å²) in [6.45, 7) is 9.51. The normalized spacial score (nSPS) is 14.8. The molecule has 0 amide bonds. The number of anilines is 1. The molecule has 0 unspecified atom stereocenters. The van der Waals surface area contributed by atoms with Crippen LogP contribution >= 0.6 is 0 Å². The molecule has 3 heteroatoms. The first kappa shape index (κ1) is 15.3. The average Bonchev–Trinajstić information content (AvgIpc) is 3.21. The molecule has 0 heterocycles. The Morgan fingerprint density at radius 1 is 1.35 bits per heavy atom. The van der Waals surface area contributed by atoms with Crippen molar-refractivity contribution in [2.24, 2.45) is 5.92 Å². The monoisotopic (exact) mass is 276 g/mol. The van der Waals surface area contributed by atoms with Gasteiger partial charge in [-0.2, -0.15) is 0 Å². The van der Waals surface area contributed by atoms with E-state index >= 15 is 0 Å². The number of aliphatic hydroxyl groups excluding tert-OH is 1. The number of aryl methyl sites for hydroxylation is 1. The van der Waals surface area contributed by atoms with E-state index in [1.165, 1.54) is 29.7 Å². The number of hydrogen-bond acceptors (Lipinski definition) is 3. The summed E-state index contributed by atoms with van der Waals surface area (Å²) in [4.78, 5) is 2.38. The molecular formula is C17H28N2O. The van der Waals surface area contributed by atoms with Crippen molar-refractivity contribution < 1.29 is 5.11 Å². The van der Waals surface area contributed by atoms with Crippen LogP contribution in [-0.2, 0) is 6.54 Å². The van der Waals surface area contributed by atoms with Crippen molar-refractivity contribution in [1.29, 1.82) is 0 Å². The van der Waals surface area contributed by atoms with Gasteiger partial charge in [-0.1, -0.05) is 31.5 Å². The molecule has 0 saturated heterocycles. The third-order valence-electron chi connectivity index (χ3n) is 3.74. The summed E-state index contributed by atoms with van der Waals surface area (Å²) in [6.07, 6.45) is 2.51. The van der Waals surface area contributed by atoms with Gasteiger partial charge in [-0.25, -0.2) is 0 Å². The molecule has 0 aliphatic heterocycles. The number of aliphatic hydroxyl groups is 1. The van der Waals surface area contributed by atoms with Gasteiger partial charge in [0, 0.05) is 24.8 Å². The van der Waals surface area contributed by atoms with E-state index in [0.717, 1.165) is 19.6 Å². The van der Waals surface area contributed by atoms with E-state index in [0.29, 0.717) is 12.0 Å². The van der Waals surface area contributed by atoms with Gasteiger partial charge in [0.1, 0.15) is 0 Å². The lowest BCUT2D eigenvalue weighted by molar-refractivity contribution is 0.301. The van der Waals surface area contributed by atoms with Gasteiger partial charge in [0.05, 0.1) is 6.61 Å². The molecule has 2 N–H and O–H groups in total. The second kappa shape index (κ2) is 7.09. The minimum absolute atomic E-state index is 0.225. The maximum absolute atomic E-state index is 9.31. The second-order valence-corrected chi connectivity index (χ2v) is 6.31. The van der Waals surface area contributed by atoms with Crippen LogP contribution in [0.5, 0.6) is 0 Å². The van der Waals surface area contributed by atoms with Crippen LogP contribution in [0.2, 0.25) is 0 Å². The molecule has 1 aromatic carbocycles. The summed E-state index contributed by atoms with van der Waals surface area (Å²) in [7, 11) is 0. The van der Waals surface area contributed by atoms with Crippen molar-refractivity contribution in [3.63, 3.8) is 0 Å². The minimum Gasteiger partial charge on any atom is -0.395 e. The third-order valence-corrected chi connectivity index (χ3v) is 3.74. The van der Waals surface area contributed by atoms with Gasteiger partial charge in [0.2, 0.25) is 0 Å². The largest absolute Gasteiger partial charge is 0.395 e. The van der Waals surface area contributed by atoms with Crippen LogP contribution in [0.4, 0.5) is 5.69 Å². The first-order valence-corrected chi connectivity index (χ1v) is 7.79. The fraction of sp³-hybridized carbons (Fsp3) is 0.647. The molecule has 1 saturated carbocycles. The van der Waals surface area contributed by atoms with E-state index in [4.69, 9.17) is 0 Å². The zero-order chi connectivity index (χ0) is 14.5. The van der Waals surface area contributed by atoms with Gasteiger partial charge in [-0.05, 0) is 43.9 Å². The smallest absolute Gasteiger partial charge is 0.0606 e. The fourth-order valence-corrected chi connectivity index (χ4v) is 2.63. The molecule has 112 valence electrons. The molecule has 3 nitrogen and oxygen atoms in total. The molecule has 0 atom stereocenters. The second-order valence-electron chi connectivity index (χ2n) is 6.31. The van der Waals surface area contributed by atoms with Gasteiger partial charge in [0.25, 0.3) is 0 Å². The first-order chi connectivity index (χ1) is 9.61. The quantitative estimate of drug-likeness (QED) is 0.766. The van der Waals surface area contributed by atoms with Crippen LogP contribution in [-0.4, -0.2) is 30.8 Å². The van der Waals surface area contributed by atoms with E-state index in [-0.39, 0.29) is 6.61 Å². The Morgan fingerprint density at radius 3 is 2.70 bits per heavy atom. The maximum Gasteiger partial charge on any atom is 0.0606 e. The van der Waals surface area contributed by atoms with E-state index in [1.54, 1.807) is 0 Å². The van der Waals surface area contributed by atoms with Crippen molar-refractivity contribution >= 4 is 5.69 Å². The lowest BCUT2D eigenvalue weighted by atomic mass is 10.1. The summed E-state index contributed by atoms with van der Waals surface area (Å²) in [5, 5.41) is 12.8. The van der Waals surface area contributed by atoms with E-state index in [1.807, 2.05) is 0 Å². The highest BCUT2D eigenvalue weighted by Gasteiger charge is 2.29. The predicted octanol–water partition coefficient (Wildman–Crippen LogP) is 2.70. The van der Waals surface area contributed by atoms with E-state index in [2.05, 4.69) is 49.2 Å². The lowest BCUT2D eigenvalue weighted by Crippen LogP contribution is -2.30. The van der Waals surface area contributed by atoms with Crippen molar-refractivity contribution in [2.45, 2.75) is 46.2 Å². The molecule has 0 radical (unpaired) electrons. The standard InChI is InChI=1S/C17H28N2O/c1-13(2)11-18-12-15-10-14(3)4-7-17(15)19(8-9-20)16-5-6-16/h4,7,10,13,16,18,20H,5-6,8-9,11-12H2,1-3H3. The fourth-order valence-electron chi connectivity index (χ4n) is 2.63. The van der Waals surface area contributed by atoms with Crippen molar-refractivity contribution in [1.82, 2.24) is 5.32 Å². The van der Waals surface area contributed by atoms with Crippen LogP contribution < -0.4 is 10.2 Å². The van der Waals surface area contributed by atoms with Gasteiger partial charge in [0.15, 0.2) is 0 Å². The molecule has 0 aromatic heterocycles. The van der Waals surface area contributed by atoms with Crippen molar-refractivity contribution in [2.75, 3.05) is 24.6 Å². The molecule has 0 spiro atoms. The molecule has 1 aliphatic rings. The summed E-state index contributed by atoms with van der Waals surface area (Å²) in [5.74, 6) is 0.667. The Bertz CT molecular complexity index is 427. The molecule has 1 aromatic rings. The highest BCUT2D eigenvalue weighted by atomic mass is 16.3. The third kappa shape index (κ3) is 4.22. The zero-order valence-electron chi connectivity index (χ0n) is 13.0. The minimum atomic E-state index is 0.225. The molecule has 20 heavy (non-hydrogen) atoms. The van der Waals surface area contributed by atoms with Crippen LogP contribution in [0.25, 0.3) is 0 Å². The van der Waals surface area contributed by atoms with Gasteiger partial charge in [-0.15, -0.1) is 0 Å². The Labute approximate surface area is 123 Å². The van der Waals surface area contributed by atoms with Crippen molar-refractivity contribution in [3.05, 3.63) is 29.3 Å². The summed E-state index contributed by atoms with van der Waals surface area (Å²) >= 11 is 0. The molecule has 1 aliphatic carbocycles. The summed E-state index contributed by atoms with van der Waals surface area (Å²) in [5.41, 5.74) is 3.95. The highest BCUT2D eigenvalue weighted by Crippen LogP contribution is 2.33. The molecule has 0 bridgehead atoms. The van der Waals surface area contributed by atoms with Crippen LogP contribution in [0.1, 0.15) is 37.8 Å². The van der Waals surface area contributed by atoms with Crippen LogP contribution in [0.3, 0.4) is 0 Å². The number of hydrogen-bond donors (Lipinski definition) is 2. The van der Waals surface area contributed by atoms with Crippen LogP contribution in [0, 0.1) is 12.8 Å². The lowest BCUT2D eigenvalue weighted by Gasteiger charge is -2.27.